The molecule has 0 bridgehead atoms. The lowest BCUT2D eigenvalue weighted by Crippen LogP contribution is -1.96. The Bertz CT molecular complexity index is 389. The third-order valence-electron chi connectivity index (χ3n) is 1.58. The highest BCUT2D eigenvalue weighted by Crippen LogP contribution is 2.17. The molecule has 11 heavy (non-hydrogen) atoms. The molecule has 0 aromatic rings. The van der Waals surface area contributed by atoms with Gasteiger partial charge in [-0.25, -0.2) is 0 Å². The fraction of sp³-hybridized carbons (Fsp3) is 0. The third-order valence-corrected chi connectivity index (χ3v) is 1.58. The van der Waals surface area contributed by atoms with Crippen LogP contribution in [0.5, 0.6) is 0 Å². The molecule has 0 unspecified atom stereocenters. The molecule has 2 rings (SSSR count). The van der Waals surface area contributed by atoms with Crippen LogP contribution in [0.25, 0.3) is 11.1 Å². The van der Waals surface area contributed by atoms with Crippen molar-refractivity contribution in [2.24, 2.45) is 0 Å². The molecule has 1 aliphatic heterocycles. The monoisotopic (exact) mass is 146 g/mol. The standard InChI is InChI=1S/C9H6O2/c10-9-2-1-8-6-11-4-3-7(8)5-9/h1-6H. The van der Waals surface area contributed by atoms with Crippen molar-refractivity contribution in [1.29, 1.82) is 0 Å². The second-order valence-electron chi connectivity index (χ2n) is 2.35. The summed E-state index contributed by atoms with van der Waals surface area (Å²) in [5, 5.41) is 0. The molecule has 0 amide bonds. The van der Waals surface area contributed by atoms with Gasteiger partial charge in [0, 0.05) is 5.56 Å². The van der Waals surface area contributed by atoms with Gasteiger partial charge >= 0.3 is 0 Å². The molecular formula is C9H6O2. The van der Waals surface area contributed by atoms with Crippen LogP contribution in [0.3, 0.4) is 0 Å². The quantitative estimate of drug-likeness (QED) is 0.566. The van der Waals surface area contributed by atoms with Crippen LogP contribution < -0.4 is 5.43 Å². The summed E-state index contributed by atoms with van der Waals surface area (Å²) in [4.78, 5) is 10.9. The third kappa shape index (κ3) is 1.03. The Morgan fingerprint density at radius 1 is 1.09 bits per heavy atom. The van der Waals surface area contributed by atoms with Gasteiger partial charge in [-0.1, -0.05) is 0 Å². The maximum absolute atomic E-state index is 10.9. The van der Waals surface area contributed by atoms with E-state index in [4.69, 9.17) is 4.42 Å². The van der Waals surface area contributed by atoms with Crippen LogP contribution in [0.1, 0.15) is 0 Å². The van der Waals surface area contributed by atoms with Crippen LogP contribution in [0.4, 0.5) is 0 Å². The minimum Gasteiger partial charge on any atom is -0.472 e. The summed E-state index contributed by atoms with van der Waals surface area (Å²) >= 11 is 0. The molecular weight excluding hydrogens is 140 g/mol. The van der Waals surface area contributed by atoms with E-state index < -0.39 is 0 Å². The van der Waals surface area contributed by atoms with Crippen molar-refractivity contribution in [3.05, 3.63) is 47.0 Å². The van der Waals surface area contributed by atoms with Crippen LogP contribution in [0, 0.1) is 0 Å². The number of benzene rings is 1. The highest BCUT2D eigenvalue weighted by molar-refractivity contribution is 5.62. The van der Waals surface area contributed by atoms with Crippen LogP contribution in [-0.4, -0.2) is 0 Å². The van der Waals surface area contributed by atoms with E-state index in [0.29, 0.717) is 0 Å². The summed E-state index contributed by atoms with van der Waals surface area (Å²) in [5.74, 6) is 0. The molecule has 0 radical (unpaired) electrons. The van der Waals surface area contributed by atoms with Crippen molar-refractivity contribution in [2.45, 2.75) is 0 Å². The molecule has 0 N–H and O–H groups in total. The van der Waals surface area contributed by atoms with Crippen LogP contribution in [-0.2, 0) is 0 Å². The topological polar surface area (TPSA) is 30.2 Å². The zero-order valence-electron chi connectivity index (χ0n) is 5.78. The Kier molecular flexibility index (Phi) is 1.25. The van der Waals surface area contributed by atoms with Crippen molar-refractivity contribution >= 4 is 0 Å². The Morgan fingerprint density at radius 3 is 2.91 bits per heavy atom. The van der Waals surface area contributed by atoms with E-state index in [1.54, 1.807) is 30.7 Å². The zero-order chi connectivity index (χ0) is 7.68. The first-order chi connectivity index (χ1) is 5.36. The van der Waals surface area contributed by atoms with Gasteiger partial charge in [0.2, 0.25) is 0 Å². The molecule has 2 nitrogen and oxygen atoms in total. The van der Waals surface area contributed by atoms with Crippen molar-refractivity contribution in [1.82, 2.24) is 0 Å². The Labute approximate surface area is 63.4 Å². The van der Waals surface area contributed by atoms with E-state index in [0.717, 1.165) is 11.1 Å². The average Bonchev–Trinajstić information content (AvgIpc) is 2.04. The summed E-state index contributed by atoms with van der Waals surface area (Å²) in [6.07, 6.45) is 3.18. The first-order valence-corrected chi connectivity index (χ1v) is 3.32. The van der Waals surface area contributed by atoms with Crippen molar-refractivity contribution < 1.29 is 4.42 Å². The average molecular weight is 146 g/mol. The van der Waals surface area contributed by atoms with E-state index in [-0.39, 0.29) is 5.43 Å². The molecule has 0 aromatic heterocycles. The maximum Gasteiger partial charge on any atom is 0.179 e. The van der Waals surface area contributed by atoms with E-state index in [1.807, 2.05) is 0 Å². The van der Waals surface area contributed by atoms with E-state index >= 15 is 0 Å². The Morgan fingerprint density at radius 2 is 2.00 bits per heavy atom. The molecule has 1 aliphatic carbocycles. The van der Waals surface area contributed by atoms with Gasteiger partial charge in [-0.2, -0.15) is 0 Å². The molecule has 0 aromatic carbocycles. The molecule has 0 fully saturated rings. The summed E-state index contributed by atoms with van der Waals surface area (Å²) in [5.41, 5.74) is 1.90. The number of hydrogen-bond acceptors (Lipinski definition) is 2. The second kappa shape index (κ2) is 2.23. The highest BCUT2D eigenvalue weighted by atomic mass is 16.3. The van der Waals surface area contributed by atoms with Gasteiger partial charge in [0.15, 0.2) is 5.43 Å². The zero-order valence-corrected chi connectivity index (χ0v) is 5.78. The van der Waals surface area contributed by atoms with E-state index in [1.165, 1.54) is 6.07 Å². The summed E-state index contributed by atoms with van der Waals surface area (Å²) in [6.45, 7) is 0. The smallest absolute Gasteiger partial charge is 0.179 e. The first kappa shape index (κ1) is 6.16. The predicted molar refractivity (Wildman–Crippen MR) is 41.6 cm³/mol. The van der Waals surface area contributed by atoms with E-state index in [2.05, 4.69) is 0 Å². The summed E-state index contributed by atoms with van der Waals surface area (Å²) in [7, 11) is 0. The SMILES string of the molecule is O=c1ccc2coccc-2c1. The van der Waals surface area contributed by atoms with E-state index in [9.17, 15) is 4.79 Å². The molecule has 0 atom stereocenters. The lowest BCUT2D eigenvalue weighted by Gasteiger charge is -1.99. The molecule has 0 saturated heterocycles. The molecule has 0 spiro atoms. The molecule has 2 aliphatic rings. The predicted octanol–water partition coefficient (Wildman–Crippen LogP) is 1.74. The van der Waals surface area contributed by atoms with Crippen molar-refractivity contribution in [3.63, 3.8) is 0 Å². The van der Waals surface area contributed by atoms with Crippen LogP contribution >= 0.6 is 0 Å². The molecule has 1 heterocycles. The maximum atomic E-state index is 10.9. The van der Waals surface area contributed by atoms with Crippen molar-refractivity contribution in [3.8, 4) is 11.1 Å². The molecule has 54 valence electrons. The lowest BCUT2D eigenvalue weighted by atomic mass is 10.1. The largest absolute Gasteiger partial charge is 0.472 e. The Hall–Kier alpha value is -1.57. The lowest BCUT2D eigenvalue weighted by molar-refractivity contribution is 0.552. The minimum absolute atomic E-state index is 0.0312. The van der Waals surface area contributed by atoms with Gasteiger partial charge in [0.25, 0.3) is 0 Å². The minimum atomic E-state index is 0.0312. The summed E-state index contributed by atoms with van der Waals surface area (Å²) < 4.78 is 4.93. The fourth-order valence-electron chi connectivity index (χ4n) is 1.03. The van der Waals surface area contributed by atoms with Gasteiger partial charge in [0.05, 0.1) is 12.5 Å². The fourth-order valence-corrected chi connectivity index (χ4v) is 1.03. The van der Waals surface area contributed by atoms with Gasteiger partial charge in [-0.15, -0.1) is 0 Å². The highest BCUT2D eigenvalue weighted by Gasteiger charge is 1.99. The number of rotatable bonds is 0. The second-order valence-corrected chi connectivity index (χ2v) is 2.35. The molecule has 0 saturated carbocycles. The number of hydrogen-bond donors (Lipinski definition) is 0. The van der Waals surface area contributed by atoms with Gasteiger partial charge < -0.3 is 4.42 Å². The Balaban J connectivity index is 2.84. The number of fused-ring (bicyclic) bond motifs is 1. The normalized spacial score (nSPS) is 10.2. The van der Waals surface area contributed by atoms with Crippen LogP contribution in [0.2, 0.25) is 0 Å². The van der Waals surface area contributed by atoms with Gasteiger partial charge in [0.1, 0.15) is 0 Å². The molecule has 2 heteroatoms. The van der Waals surface area contributed by atoms with Gasteiger partial charge in [-0.3, -0.25) is 4.79 Å². The van der Waals surface area contributed by atoms with Gasteiger partial charge in [-0.05, 0) is 29.8 Å². The van der Waals surface area contributed by atoms with Crippen LogP contribution in [0.15, 0.2) is 46.0 Å². The summed E-state index contributed by atoms with van der Waals surface area (Å²) in [6, 6.07) is 6.64. The first-order valence-electron chi connectivity index (χ1n) is 3.32. The van der Waals surface area contributed by atoms with Crippen molar-refractivity contribution in [2.75, 3.05) is 0 Å².